The number of hydrogen-bond acceptors (Lipinski definition) is 3. The van der Waals surface area contributed by atoms with Crippen LogP contribution in [0.15, 0.2) is 22.7 Å². The maximum Gasteiger partial charge on any atom is 0.254 e. The molecule has 0 unspecified atom stereocenters. The highest BCUT2D eigenvalue weighted by molar-refractivity contribution is 9.10. The fourth-order valence-corrected chi connectivity index (χ4v) is 3.19. The van der Waals surface area contributed by atoms with Gasteiger partial charge in [0, 0.05) is 18.2 Å². The van der Waals surface area contributed by atoms with Gasteiger partial charge in [0.1, 0.15) is 5.75 Å². The summed E-state index contributed by atoms with van der Waals surface area (Å²) in [6, 6.07) is 5.84. The lowest BCUT2D eigenvalue weighted by Crippen LogP contribution is -2.46. The van der Waals surface area contributed by atoms with Crippen LogP contribution in [-0.2, 0) is 0 Å². The van der Waals surface area contributed by atoms with E-state index >= 15 is 0 Å². The van der Waals surface area contributed by atoms with Crippen LogP contribution in [0.2, 0.25) is 0 Å². The van der Waals surface area contributed by atoms with E-state index in [2.05, 4.69) is 21.2 Å². The predicted octanol–water partition coefficient (Wildman–Crippen LogP) is 2.67. The maximum atomic E-state index is 12.7. The van der Waals surface area contributed by atoms with E-state index in [-0.39, 0.29) is 5.91 Å². The van der Waals surface area contributed by atoms with Gasteiger partial charge in [0.15, 0.2) is 0 Å². The number of amides is 1. The normalized spacial score (nSPS) is 15.9. The zero-order chi connectivity index (χ0) is 14.5. The lowest BCUT2D eigenvalue weighted by molar-refractivity contribution is 0.0656. The van der Waals surface area contributed by atoms with E-state index in [1.807, 2.05) is 30.0 Å². The van der Waals surface area contributed by atoms with Crippen molar-refractivity contribution in [1.29, 1.82) is 0 Å². The highest BCUT2D eigenvalue weighted by atomic mass is 79.9. The van der Waals surface area contributed by atoms with Gasteiger partial charge in [-0.05, 0) is 67.0 Å². The first-order valence-electron chi connectivity index (χ1n) is 7.02. The summed E-state index contributed by atoms with van der Waals surface area (Å²) in [6.07, 6.45) is 2.05. The average molecular weight is 341 g/mol. The summed E-state index contributed by atoms with van der Waals surface area (Å²) in [7, 11) is 1.62. The van der Waals surface area contributed by atoms with Crippen LogP contribution >= 0.6 is 15.9 Å². The second-order valence-electron chi connectivity index (χ2n) is 4.92. The number of carbonyl (C=O) groups is 1. The van der Waals surface area contributed by atoms with Crippen LogP contribution in [0.1, 0.15) is 30.1 Å². The molecule has 1 fully saturated rings. The van der Waals surface area contributed by atoms with Gasteiger partial charge in [0.05, 0.1) is 11.6 Å². The topological polar surface area (TPSA) is 41.6 Å². The number of carbonyl (C=O) groups excluding carboxylic acids is 1. The van der Waals surface area contributed by atoms with Crippen molar-refractivity contribution in [3.63, 3.8) is 0 Å². The Balaban J connectivity index is 2.17. The number of ether oxygens (including phenoxy) is 1. The zero-order valence-electron chi connectivity index (χ0n) is 12.0. The van der Waals surface area contributed by atoms with Gasteiger partial charge in [-0.25, -0.2) is 0 Å². The van der Waals surface area contributed by atoms with Crippen LogP contribution < -0.4 is 10.1 Å². The van der Waals surface area contributed by atoms with Crippen molar-refractivity contribution in [2.75, 3.05) is 26.7 Å². The third-order valence-corrected chi connectivity index (χ3v) is 4.37. The average Bonchev–Trinajstić information content (AvgIpc) is 2.49. The maximum absolute atomic E-state index is 12.7. The molecule has 0 spiro atoms. The number of nitrogens with zero attached hydrogens (tertiary/aromatic N) is 1. The van der Waals surface area contributed by atoms with Gasteiger partial charge in [-0.15, -0.1) is 0 Å². The molecule has 1 aromatic rings. The number of hydrogen-bond donors (Lipinski definition) is 1. The number of halogens is 1. The molecular weight excluding hydrogens is 320 g/mol. The molecule has 1 aliphatic rings. The van der Waals surface area contributed by atoms with Gasteiger partial charge in [0.25, 0.3) is 5.91 Å². The second kappa shape index (κ2) is 7.09. The Hall–Kier alpha value is -1.07. The minimum absolute atomic E-state index is 0.0998. The smallest absolute Gasteiger partial charge is 0.254 e. The van der Waals surface area contributed by atoms with Crippen LogP contribution in [0.25, 0.3) is 0 Å². The van der Waals surface area contributed by atoms with Crippen LogP contribution in [0.5, 0.6) is 5.75 Å². The number of piperidine rings is 1. The molecule has 1 amide bonds. The summed E-state index contributed by atoms with van der Waals surface area (Å²) < 4.78 is 6.02. The Morgan fingerprint density at radius 2 is 2.15 bits per heavy atom. The number of rotatable bonds is 4. The first-order chi connectivity index (χ1) is 9.67. The highest BCUT2D eigenvalue weighted by Crippen LogP contribution is 2.26. The molecule has 0 saturated carbocycles. The van der Waals surface area contributed by atoms with E-state index in [4.69, 9.17) is 4.74 Å². The minimum Gasteiger partial charge on any atom is -0.496 e. The summed E-state index contributed by atoms with van der Waals surface area (Å²) in [5, 5.41) is 3.33. The molecule has 0 atom stereocenters. The van der Waals surface area contributed by atoms with Crippen LogP contribution in [0.4, 0.5) is 0 Å². The molecule has 1 aromatic carbocycles. The molecule has 1 heterocycles. The van der Waals surface area contributed by atoms with Crippen LogP contribution in [0.3, 0.4) is 0 Å². The van der Waals surface area contributed by atoms with Crippen LogP contribution in [0, 0.1) is 0 Å². The summed E-state index contributed by atoms with van der Waals surface area (Å²) >= 11 is 3.44. The van der Waals surface area contributed by atoms with E-state index in [9.17, 15) is 4.79 Å². The lowest BCUT2D eigenvalue weighted by Gasteiger charge is -2.34. The monoisotopic (exact) mass is 340 g/mol. The molecule has 1 N–H and O–H groups in total. The molecule has 1 saturated heterocycles. The molecule has 0 aliphatic carbocycles. The number of nitrogens with one attached hydrogen (secondary N) is 1. The predicted molar refractivity (Wildman–Crippen MR) is 83.3 cm³/mol. The SMILES string of the molecule is CCN(C(=O)c1ccc(OC)c(Br)c1)C1CCNCC1. The fraction of sp³-hybridized carbons (Fsp3) is 0.533. The molecule has 0 radical (unpaired) electrons. The van der Waals surface area contributed by atoms with E-state index in [1.54, 1.807) is 7.11 Å². The van der Waals surface area contributed by atoms with Crippen LogP contribution in [-0.4, -0.2) is 43.6 Å². The van der Waals surface area contributed by atoms with Crippen molar-refractivity contribution in [3.05, 3.63) is 28.2 Å². The summed E-state index contributed by atoms with van der Waals surface area (Å²) in [4.78, 5) is 14.7. The van der Waals surface area contributed by atoms with Crippen molar-refractivity contribution in [2.45, 2.75) is 25.8 Å². The third-order valence-electron chi connectivity index (χ3n) is 3.75. The summed E-state index contributed by atoms with van der Waals surface area (Å²) in [6.45, 7) is 4.76. The van der Waals surface area contributed by atoms with Crippen molar-refractivity contribution in [2.24, 2.45) is 0 Å². The second-order valence-corrected chi connectivity index (χ2v) is 5.78. The molecule has 0 aromatic heterocycles. The molecule has 1 aliphatic heterocycles. The van der Waals surface area contributed by atoms with Gasteiger partial charge in [-0.1, -0.05) is 0 Å². The fourth-order valence-electron chi connectivity index (χ4n) is 2.65. The minimum atomic E-state index is 0.0998. The molecule has 20 heavy (non-hydrogen) atoms. The quantitative estimate of drug-likeness (QED) is 0.916. The third kappa shape index (κ3) is 3.33. The zero-order valence-corrected chi connectivity index (χ0v) is 13.6. The molecule has 5 heteroatoms. The number of methoxy groups -OCH3 is 1. The van der Waals surface area contributed by atoms with Gasteiger partial charge in [-0.3, -0.25) is 4.79 Å². The molecular formula is C15H21BrN2O2. The molecule has 4 nitrogen and oxygen atoms in total. The van der Waals surface area contributed by atoms with Crippen molar-refractivity contribution >= 4 is 21.8 Å². The van der Waals surface area contributed by atoms with Crippen molar-refractivity contribution in [3.8, 4) is 5.75 Å². The largest absolute Gasteiger partial charge is 0.496 e. The Bertz CT molecular complexity index is 473. The van der Waals surface area contributed by atoms with Crippen molar-refractivity contribution < 1.29 is 9.53 Å². The summed E-state index contributed by atoms with van der Waals surface area (Å²) in [5.41, 5.74) is 0.707. The van der Waals surface area contributed by atoms with Gasteiger partial charge in [0.2, 0.25) is 0 Å². The lowest BCUT2D eigenvalue weighted by atomic mass is 10.0. The van der Waals surface area contributed by atoms with Gasteiger partial charge >= 0.3 is 0 Å². The van der Waals surface area contributed by atoms with Gasteiger partial charge < -0.3 is 15.0 Å². The molecule has 110 valence electrons. The molecule has 2 rings (SSSR count). The van der Waals surface area contributed by atoms with E-state index in [0.29, 0.717) is 11.6 Å². The number of benzene rings is 1. The highest BCUT2D eigenvalue weighted by Gasteiger charge is 2.25. The Morgan fingerprint density at radius 3 is 2.70 bits per heavy atom. The standard InChI is InChI=1S/C15H21BrN2O2/c1-3-18(12-6-8-17-9-7-12)15(19)11-4-5-14(20-2)13(16)10-11/h4-5,10,12,17H,3,6-9H2,1-2H3. The van der Waals surface area contributed by atoms with Gasteiger partial charge in [-0.2, -0.15) is 0 Å². The Kier molecular flexibility index (Phi) is 5.43. The first-order valence-corrected chi connectivity index (χ1v) is 7.82. The Labute approximate surface area is 128 Å². The summed E-state index contributed by atoms with van der Waals surface area (Å²) in [5.74, 6) is 0.842. The van der Waals surface area contributed by atoms with E-state index in [0.717, 1.165) is 42.7 Å². The van der Waals surface area contributed by atoms with Crippen molar-refractivity contribution in [1.82, 2.24) is 10.2 Å². The first kappa shape index (κ1) is 15.3. The Morgan fingerprint density at radius 1 is 1.45 bits per heavy atom. The molecule has 0 bridgehead atoms. The van der Waals surface area contributed by atoms with E-state index < -0.39 is 0 Å². The van der Waals surface area contributed by atoms with E-state index in [1.165, 1.54) is 0 Å².